The molecule has 0 spiro atoms. The van der Waals surface area contributed by atoms with Crippen LogP contribution in [0.5, 0.6) is 11.6 Å². The van der Waals surface area contributed by atoms with E-state index in [0.717, 1.165) is 18.7 Å². The van der Waals surface area contributed by atoms with Gasteiger partial charge in [-0.05, 0) is 70.3 Å². The van der Waals surface area contributed by atoms with Crippen molar-refractivity contribution < 1.29 is 55.3 Å². The molecule has 318 valence electrons. The Morgan fingerprint density at radius 2 is 1.79 bits per heavy atom. The third-order valence-corrected chi connectivity index (χ3v) is 14.7. The average Bonchev–Trinajstić information content (AvgIpc) is 4.06. The summed E-state index contributed by atoms with van der Waals surface area (Å²) in [6, 6.07) is 3.96. The third-order valence-electron chi connectivity index (χ3n) is 12.6. The summed E-state index contributed by atoms with van der Waals surface area (Å²) in [5.74, 6) is -7.45. The van der Waals surface area contributed by atoms with Gasteiger partial charge in [0, 0.05) is 30.0 Å². The number of halogens is 3. The van der Waals surface area contributed by atoms with Crippen molar-refractivity contribution >= 4 is 44.6 Å². The number of allylic oxidation sites excluding steroid dienone is 1. The summed E-state index contributed by atoms with van der Waals surface area (Å²) in [6.45, 7) is 4.70. The van der Waals surface area contributed by atoms with E-state index in [2.05, 4.69) is 10.3 Å². The average molecular weight is 836 g/mol. The zero-order chi connectivity index (χ0) is 42.6. The number of aromatic nitrogens is 1. The highest BCUT2D eigenvalue weighted by Gasteiger charge is 2.64. The van der Waals surface area contributed by atoms with Crippen LogP contribution in [0.1, 0.15) is 79.6 Å². The van der Waals surface area contributed by atoms with Crippen LogP contribution in [-0.2, 0) is 24.4 Å². The van der Waals surface area contributed by atoms with Crippen molar-refractivity contribution in [2.45, 2.75) is 119 Å². The molecule has 3 N–H and O–H groups in total. The molecule has 2 saturated carbocycles. The Labute approximate surface area is 335 Å². The van der Waals surface area contributed by atoms with Gasteiger partial charge in [-0.25, -0.2) is 31.4 Å². The first-order chi connectivity index (χ1) is 27.1. The summed E-state index contributed by atoms with van der Waals surface area (Å²) in [5.41, 5.74) is -4.18. The van der Waals surface area contributed by atoms with Gasteiger partial charge in [0.15, 0.2) is 0 Å². The highest BCUT2D eigenvalue weighted by molar-refractivity contribution is 7.91. The zero-order valence-corrected chi connectivity index (χ0v) is 34.3. The summed E-state index contributed by atoms with van der Waals surface area (Å²) in [5, 5.41) is 14.5. The van der Waals surface area contributed by atoms with Crippen LogP contribution in [0.3, 0.4) is 0 Å². The molecule has 7 atom stereocenters. The molecule has 0 unspecified atom stereocenters. The number of hydrogen-bond donors (Lipinski definition) is 3. The van der Waals surface area contributed by atoms with E-state index >= 15 is 13.6 Å². The van der Waals surface area contributed by atoms with E-state index in [1.54, 1.807) is 43.3 Å². The van der Waals surface area contributed by atoms with E-state index < -0.39 is 92.3 Å². The van der Waals surface area contributed by atoms with Crippen LogP contribution in [0.2, 0.25) is 0 Å². The summed E-state index contributed by atoms with van der Waals surface area (Å²) < 4.78 is 83.1. The van der Waals surface area contributed by atoms with Gasteiger partial charge >= 0.3 is 6.09 Å². The number of carbonyl (C=O) groups excluding carboxylic acids is 3. The lowest BCUT2D eigenvalue weighted by molar-refractivity contribution is -0.156. The number of alkyl halides is 3. The first kappa shape index (κ1) is 43.0. The van der Waals surface area contributed by atoms with Crippen LogP contribution in [0.25, 0.3) is 10.8 Å². The highest BCUT2D eigenvalue weighted by atomic mass is 32.2. The molecule has 1 aromatic carbocycles. The maximum absolute atomic E-state index is 15.3. The summed E-state index contributed by atoms with van der Waals surface area (Å²) in [7, 11) is -2.99. The molecule has 0 bridgehead atoms. The molecular weight excluding hydrogens is 784 g/mol. The van der Waals surface area contributed by atoms with Gasteiger partial charge in [0.25, 0.3) is 11.8 Å². The van der Waals surface area contributed by atoms with Gasteiger partial charge < -0.3 is 24.8 Å². The van der Waals surface area contributed by atoms with E-state index in [1.165, 1.54) is 13.3 Å². The number of benzene rings is 1. The second-order valence-corrected chi connectivity index (χ2v) is 19.1. The fourth-order valence-corrected chi connectivity index (χ4v) is 9.79. The normalized spacial score (nSPS) is 28.9. The fourth-order valence-electron chi connectivity index (χ4n) is 8.37. The predicted molar refractivity (Wildman–Crippen MR) is 206 cm³/mol. The lowest BCUT2D eigenvalue weighted by atomic mass is 9.84. The molecule has 1 saturated heterocycles. The van der Waals surface area contributed by atoms with E-state index in [0.29, 0.717) is 41.2 Å². The summed E-state index contributed by atoms with van der Waals surface area (Å²) >= 11 is 0. The Bertz CT molecular complexity index is 2090. The number of rotatable bonds is 10. The standard InChI is InChI=1S/C40H52F3N5O9S/c1-23-11-7-8-12-25-19-40(25,35(51)46-58(54,55)39(22-41)15-16-39)45-32(49)29-18-26(57-33-28-14-10-9-13-27(28)30(56-6)20-44-33)21-47(29)34(50)31(24(2)17-23)48(36(52)53)37(3,4)38(5,42)43/h8-10,12-14,20,23-26,29,31H,7,11,15-19,21-22H2,1-6H3,(H,45,49)(H,46,51)(H,52,53)/t23-,24-,25-,26-,29+,31+,40-/m1/s1. The number of hydrogen-bond acceptors (Lipinski definition) is 9. The van der Waals surface area contributed by atoms with Crippen molar-refractivity contribution in [2.24, 2.45) is 17.8 Å². The monoisotopic (exact) mass is 835 g/mol. The molecule has 14 nitrogen and oxygen atoms in total. The Balaban J connectivity index is 1.42. The quantitative estimate of drug-likeness (QED) is 0.269. The van der Waals surface area contributed by atoms with Crippen molar-refractivity contribution in [2.75, 3.05) is 20.3 Å². The van der Waals surface area contributed by atoms with Crippen molar-refractivity contribution in [3.05, 3.63) is 42.6 Å². The molecule has 3 fully saturated rings. The molecule has 58 heavy (non-hydrogen) atoms. The highest BCUT2D eigenvalue weighted by Crippen LogP contribution is 2.48. The number of nitrogens with zero attached hydrogens (tertiary/aromatic N) is 3. The van der Waals surface area contributed by atoms with Gasteiger partial charge in [-0.1, -0.05) is 44.2 Å². The lowest BCUT2D eigenvalue weighted by Crippen LogP contribution is -2.66. The fraction of sp³-hybridized carbons (Fsp3) is 0.625. The number of ether oxygens (including phenoxy) is 2. The number of sulfonamides is 1. The SMILES string of the molecule is COc1cnc(O[C@@H]2C[C@H]3C(=O)N[C@]4(C(=O)NS(=O)(=O)C5(CF)CC5)C[C@H]4C=CCC[C@@H](C)C[C@@H](C)[C@H](N(C(=O)O)C(C)(C)C(C)(F)F)C(=O)N3C2)c2ccccc12. The molecule has 18 heteroatoms. The van der Waals surface area contributed by atoms with Crippen molar-refractivity contribution in [1.82, 2.24) is 24.8 Å². The van der Waals surface area contributed by atoms with Crippen LogP contribution in [0.4, 0.5) is 18.0 Å². The van der Waals surface area contributed by atoms with Crippen LogP contribution >= 0.6 is 0 Å². The number of amides is 4. The van der Waals surface area contributed by atoms with Crippen molar-refractivity contribution in [1.29, 1.82) is 0 Å². The molecule has 2 aliphatic heterocycles. The number of carboxylic acid groups (broad SMARTS) is 1. The van der Waals surface area contributed by atoms with Gasteiger partial charge in [-0.2, -0.15) is 0 Å². The Morgan fingerprint density at radius 3 is 2.40 bits per heavy atom. The number of fused-ring (bicyclic) bond motifs is 3. The van der Waals surface area contributed by atoms with E-state index in [4.69, 9.17) is 9.47 Å². The molecule has 3 heterocycles. The van der Waals surface area contributed by atoms with Gasteiger partial charge in [-0.15, -0.1) is 0 Å². The molecule has 6 rings (SSSR count). The second-order valence-electron chi connectivity index (χ2n) is 17.1. The van der Waals surface area contributed by atoms with Gasteiger partial charge in [0.05, 0.1) is 19.9 Å². The smallest absolute Gasteiger partial charge is 0.408 e. The summed E-state index contributed by atoms with van der Waals surface area (Å²) in [6.07, 6.45) is 3.40. The van der Waals surface area contributed by atoms with Crippen molar-refractivity contribution in [3.63, 3.8) is 0 Å². The number of nitrogens with one attached hydrogen (secondary N) is 2. The summed E-state index contributed by atoms with van der Waals surface area (Å²) in [4.78, 5) is 62.7. The van der Waals surface area contributed by atoms with E-state index in [1.807, 2.05) is 11.6 Å². The molecule has 2 aliphatic carbocycles. The van der Waals surface area contributed by atoms with Crippen molar-refractivity contribution in [3.8, 4) is 11.6 Å². The van der Waals surface area contributed by atoms with E-state index in [-0.39, 0.29) is 50.4 Å². The van der Waals surface area contributed by atoms with Gasteiger partial charge in [0.1, 0.15) is 46.4 Å². The number of carbonyl (C=O) groups is 4. The van der Waals surface area contributed by atoms with E-state index in [9.17, 15) is 32.3 Å². The first-order valence-corrected chi connectivity index (χ1v) is 21.0. The minimum absolute atomic E-state index is 0.00332. The van der Waals surface area contributed by atoms with Gasteiger partial charge in [-0.3, -0.25) is 24.0 Å². The first-order valence-electron chi connectivity index (χ1n) is 19.5. The van der Waals surface area contributed by atoms with Crippen LogP contribution in [-0.4, -0.2) is 112 Å². The molecule has 0 radical (unpaired) electrons. The Hall–Kier alpha value is -4.61. The van der Waals surface area contributed by atoms with Gasteiger partial charge in [0.2, 0.25) is 27.7 Å². The minimum atomic E-state index is -4.47. The second kappa shape index (κ2) is 15.5. The molecule has 1 aromatic heterocycles. The zero-order valence-electron chi connectivity index (χ0n) is 33.5. The maximum Gasteiger partial charge on any atom is 0.408 e. The lowest BCUT2D eigenvalue weighted by Gasteiger charge is -2.47. The third kappa shape index (κ3) is 7.79. The molecule has 4 aliphatic rings. The van der Waals surface area contributed by atoms with Crippen LogP contribution in [0, 0.1) is 17.8 Å². The number of pyridine rings is 1. The molecular formula is C40H52F3N5O9S. The predicted octanol–water partition coefficient (Wildman–Crippen LogP) is 5.21. The Kier molecular flexibility index (Phi) is 11.5. The maximum atomic E-state index is 15.3. The number of methoxy groups -OCH3 is 1. The molecule has 4 amide bonds. The van der Waals surface area contributed by atoms with Crippen LogP contribution in [0.15, 0.2) is 42.6 Å². The molecule has 2 aromatic rings. The minimum Gasteiger partial charge on any atom is -0.494 e. The largest absolute Gasteiger partial charge is 0.494 e. The van der Waals surface area contributed by atoms with Crippen LogP contribution < -0.4 is 19.5 Å². The Morgan fingerprint density at radius 1 is 1.12 bits per heavy atom. The topological polar surface area (TPSA) is 185 Å².